The molecule has 0 fully saturated rings. The van der Waals surface area contributed by atoms with E-state index in [4.69, 9.17) is 4.74 Å². The largest absolute Gasteiger partial charge is 0.383 e. The molecule has 0 aliphatic rings. The number of methoxy groups -OCH3 is 1. The Balaban J connectivity index is 2.74. The van der Waals surface area contributed by atoms with Gasteiger partial charge in [-0.15, -0.1) is 0 Å². The Morgan fingerprint density at radius 1 is 1.44 bits per heavy atom. The van der Waals surface area contributed by atoms with Crippen molar-refractivity contribution in [2.75, 3.05) is 27.3 Å². The maximum atomic E-state index is 9.17. The normalized spacial score (nSPS) is 12.4. The van der Waals surface area contributed by atoms with Crippen molar-refractivity contribution >= 4 is 15.9 Å². The van der Waals surface area contributed by atoms with E-state index in [-0.39, 0.29) is 6.04 Å². The molecule has 0 bridgehead atoms. The Morgan fingerprint density at radius 3 is 2.56 bits per heavy atom. The summed E-state index contributed by atoms with van der Waals surface area (Å²) >= 11 is 3.38. The minimum absolute atomic E-state index is 0.219. The van der Waals surface area contributed by atoms with Gasteiger partial charge in [0, 0.05) is 18.1 Å². The van der Waals surface area contributed by atoms with E-state index in [2.05, 4.69) is 22.0 Å². The van der Waals surface area contributed by atoms with Crippen LogP contribution in [0.25, 0.3) is 0 Å². The molecule has 0 saturated heterocycles. The number of likely N-dealkylation sites (N-methyl/N-ethyl adjacent to an activating group) is 1. The average Bonchev–Trinajstić information content (AvgIpc) is 2.30. The van der Waals surface area contributed by atoms with Crippen molar-refractivity contribution in [1.82, 2.24) is 4.90 Å². The van der Waals surface area contributed by atoms with E-state index in [9.17, 15) is 5.26 Å². The topological polar surface area (TPSA) is 36.3 Å². The van der Waals surface area contributed by atoms with E-state index in [0.29, 0.717) is 6.61 Å². The molecule has 0 amide bonds. The summed E-state index contributed by atoms with van der Waals surface area (Å²) in [5.41, 5.74) is 1.00. The third-order valence-corrected chi connectivity index (χ3v) is 2.93. The number of halogens is 1. The molecule has 0 aromatic heterocycles. The third-order valence-electron chi connectivity index (χ3n) is 2.40. The van der Waals surface area contributed by atoms with Crippen LogP contribution < -0.4 is 0 Å². The lowest BCUT2D eigenvalue weighted by Crippen LogP contribution is -2.27. The molecule has 86 valence electrons. The molecule has 0 saturated carbocycles. The van der Waals surface area contributed by atoms with E-state index >= 15 is 0 Å². The molecular formula is C12H15BrN2O. The van der Waals surface area contributed by atoms with Gasteiger partial charge in [-0.05, 0) is 24.7 Å². The summed E-state index contributed by atoms with van der Waals surface area (Å²) in [5, 5.41) is 9.17. The van der Waals surface area contributed by atoms with Gasteiger partial charge in [0.25, 0.3) is 0 Å². The third kappa shape index (κ3) is 3.60. The van der Waals surface area contributed by atoms with Crippen LogP contribution in [-0.2, 0) is 4.74 Å². The Hall–Kier alpha value is -0.890. The van der Waals surface area contributed by atoms with Gasteiger partial charge in [-0.2, -0.15) is 5.26 Å². The summed E-state index contributed by atoms with van der Waals surface area (Å²) < 4.78 is 6.02. The van der Waals surface area contributed by atoms with Crippen LogP contribution in [0.4, 0.5) is 0 Å². The van der Waals surface area contributed by atoms with Crippen LogP contribution in [0.5, 0.6) is 0 Å². The first kappa shape index (κ1) is 13.2. The number of benzene rings is 1. The summed E-state index contributed by atoms with van der Waals surface area (Å²) in [6, 6.07) is 9.90. The monoisotopic (exact) mass is 282 g/mol. The second-order valence-electron chi connectivity index (χ2n) is 3.56. The number of hydrogen-bond donors (Lipinski definition) is 0. The highest BCUT2D eigenvalue weighted by atomic mass is 79.9. The molecule has 1 unspecified atom stereocenters. The minimum Gasteiger partial charge on any atom is -0.383 e. The number of nitrogens with zero attached hydrogens (tertiary/aromatic N) is 2. The number of ether oxygens (including phenoxy) is 1. The first-order chi connectivity index (χ1) is 7.69. The molecule has 0 N–H and O–H groups in total. The zero-order chi connectivity index (χ0) is 12.0. The van der Waals surface area contributed by atoms with Gasteiger partial charge < -0.3 is 4.74 Å². The van der Waals surface area contributed by atoms with Crippen molar-refractivity contribution in [3.63, 3.8) is 0 Å². The lowest BCUT2D eigenvalue weighted by molar-refractivity contribution is 0.151. The Kier molecular flexibility index (Phi) is 5.47. The van der Waals surface area contributed by atoms with Gasteiger partial charge in [-0.25, -0.2) is 0 Å². The van der Waals surface area contributed by atoms with Gasteiger partial charge in [0.15, 0.2) is 0 Å². The van der Waals surface area contributed by atoms with Crippen molar-refractivity contribution in [3.05, 3.63) is 34.3 Å². The molecule has 0 spiro atoms. The molecule has 1 aromatic rings. The first-order valence-corrected chi connectivity index (χ1v) is 5.82. The average molecular weight is 283 g/mol. The van der Waals surface area contributed by atoms with Gasteiger partial charge in [0.2, 0.25) is 0 Å². The van der Waals surface area contributed by atoms with Gasteiger partial charge in [0.1, 0.15) is 6.04 Å². The highest BCUT2D eigenvalue weighted by Crippen LogP contribution is 2.20. The summed E-state index contributed by atoms with van der Waals surface area (Å²) in [6.45, 7) is 1.37. The quantitative estimate of drug-likeness (QED) is 0.833. The summed E-state index contributed by atoms with van der Waals surface area (Å²) in [7, 11) is 3.59. The van der Waals surface area contributed by atoms with Crippen LogP contribution in [0.1, 0.15) is 11.6 Å². The Labute approximate surface area is 105 Å². The molecule has 3 nitrogen and oxygen atoms in total. The minimum atomic E-state index is -0.219. The highest BCUT2D eigenvalue weighted by Gasteiger charge is 2.15. The number of hydrogen-bond acceptors (Lipinski definition) is 3. The molecule has 16 heavy (non-hydrogen) atoms. The molecular weight excluding hydrogens is 268 g/mol. The fraction of sp³-hybridized carbons (Fsp3) is 0.417. The summed E-state index contributed by atoms with van der Waals surface area (Å²) in [6.07, 6.45) is 0. The molecule has 0 radical (unpaired) electrons. The fourth-order valence-electron chi connectivity index (χ4n) is 1.44. The lowest BCUT2D eigenvalue weighted by Gasteiger charge is -2.22. The van der Waals surface area contributed by atoms with Crippen LogP contribution in [-0.4, -0.2) is 32.2 Å². The molecule has 1 atom stereocenters. The van der Waals surface area contributed by atoms with E-state index < -0.39 is 0 Å². The van der Waals surface area contributed by atoms with E-state index in [1.807, 2.05) is 36.2 Å². The highest BCUT2D eigenvalue weighted by molar-refractivity contribution is 9.10. The van der Waals surface area contributed by atoms with Crippen LogP contribution in [0.2, 0.25) is 0 Å². The van der Waals surface area contributed by atoms with Crippen molar-refractivity contribution < 1.29 is 4.74 Å². The van der Waals surface area contributed by atoms with Crippen LogP contribution in [0.15, 0.2) is 28.7 Å². The van der Waals surface area contributed by atoms with E-state index in [1.165, 1.54) is 0 Å². The van der Waals surface area contributed by atoms with Crippen molar-refractivity contribution in [1.29, 1.82) is 5.26 Å². The van der Waals surface area contributed by atoms with Gasteiger partial charge in [-0.3, -0.25) is 4.90 Å². The van der Waals surface area contributed by atoms with Crippen molar-refractivity contribution in [2.24, 2.45) is 0 Å². The SMILES string of the molecule is COCCN(C)C(C#N)c1ccc(Br)cc1. The maximum absolute atomic E-state index is 9.17. The first-order valence-electron chi connectivity index (χ1n) is 5.03. The van der Waals surface area contributed by atoms with E-state index in [1.54, 1.807) is 7.11 Å². The fourth-order valence-corrected chi connectivity index (χ4v) is 1.70. The van der Waals surface area contributed by atoms with Gasteiger partial charge in [-0.1, -0.05) is 28.1 Å². The molecule has 1 aromatic carbocycles. The zero-order valence-corrected chi connectivity index (χ0v) is 11.1. The maximum Gasteiger partial charge on any atom is 0.123 e. The van der Waals surface area contributed by atoms with Crippen LogP contribution >= 0.6 is 15.9 Å². The summed E-state index contributed by atoms with van der Waals surface area (Å²) in [4.78, 5) is 1.98. The summed E-state index contributed by atoms with van der Waals surface area (Å²) in [5.74, 6) is 0. The lowest BCUT2D eigenvalue weighted by atomic mass is 10.1. The standard InChI is InChI=1S/C12H15BrN2O/c1-15(7-8-16-2)12(9-14)10-3-5-11(13)6-4-10/h3-6,12H,7-8H2,1-2H3. The second kappa shape index (κ2) is 6.64. The second-order valence-corrected chi connectivity index (χ2v) is 4.47. The number of rotatable bonds is 5. The zero-order valence-electron chi connectivity index (χ0n) is 9.48. The molecule has 1 rings (SSSR count). The molecule has 0 aliphatic carbocycles. The van der Waals surface area contributed by atoms with Crippen molar-refractivity contribution in [2.45, 2.75) is 6.04 Å². The predicted molar refractivity (Wildman–Crippen MR) is 67.0 cm³/mol. The molecule has 4 heteroatoms. The van der Waals surface area contributed by atoms with Crippen LogP contribution in [0.3, 0.4) is 0 Å². The Morgan fingerprint density at radius 2 is 2.06 bits per heavy atom. The van der Waals surface area contributed by atoms with Gasteiger partial charge >= 0.3 is 0 Å². The Bertz CT molecular complexity index is 358. The van der Waals surface area contributed by atoms with E-state index in [0.717, 1.165) is 16.6 Å². The van der Waals surface area contributed by atoms with Gasteiger partial charge in [0.05, 0.1) is 12.7 Å². The predicted octanol–water partition coefficient (Wildman–Crippen LogP) is 2.59. The van der Waals surface area contributed by atoms with Crippen LogP contribution in [0, 0.1) is 11.3 Å². The molecule has 0 aliphatic heterocycles. The van der Waals surface area contributed by atoms with Crippen molar-refractivity contribution in [3.8, 4) is 6.07 Å². The smallest absolute Gasteiger partial charge is 0.123 e. The molecule has 0 heterocycles. The number of nitriles is 1.